The molecular weight excluding hydrogens is 268 g/mol. The Kier molecular flexibility index (Phi) is 5.16. The van der Waals surface area contributed by atoms with Crippen molar-refractivity contribution < 1.29 is 9.59 Å². The van der Waals surface area contributed by atoms with Gasteiger partial charge in [-0.1, -0.05) is 12.1 Å². The van der Waals surface area contributed by atoms with Crippen molar-refractivity contribution in [3.63, 3.8) is 0 Å². The standard InChI is InChI=1S/C15H22N4O2/c1-11(17-10-14(20)19-8-2-3-9-19)12-4-6-13(7-5-12)18-15(16)21/h4-7,11,17H,2-3,8-10H2,1H3,(H3,16,18,21). The molecule has 4 N–H and O–H groups in total. The van der Waals surface area contributed by atoms with Gasteiger partial charge in [0, 0.05) is 24.8 Å². The summed E-state index contributed by atoms with van der Waals surface area (Å²) in [5.41, 5.74) is 6.77. The van der Waals surface area contributed by atoms with Crippen molar-refractivity contribution >= 4 is 17.6 Å². The maximum absolute atomic E-state index is 12.0. The van der Waals surface area contributed by atoms with Crippen LogP contribution in [-0.4, -0.2) is 36.5 Å². The zero-order valence-electron chi connectivity index (χ0n) is 12.3. The lowest BCUT2D eigenvalue weighted by Crippen LogP contribution is -2.37. The molecule has 1 aromatic rings. The Bertz CT molecular complexity index is 495. The first-order chi connectivity index (χ1) is 10.1. The van der Waals surface area contributed by atoms with Gasteiger partial charge in [0.05, 0.1) is 6.54 Å². The summed E-state index contributed by atoms with van der Waals surface area (Å²) in [6.07, 6.45) is 2.21. The monoisotopic (exact) mass is 290 g/mol. The third-order valence-corrected chi connectivity index (χ3v) is 3.70. The molecule has 1 saturated heterocycles. The highest BCUT2D eigenvalue weighted by Gasteiger charge is 2.18. The molecule has 0 aliphatic carbocycles. The number of nitrogens with zero attached hydrogens (tertiary/aromatic N) is 1. The van der Waals surface area contributed by atoms with E-state index in [-0.39, 0.29) is 11.9 Å². The number of hydrogen-bond donors (Lipinski definition) is 3. The lowest BCUT2D eigenvalue weighted by Gasteiger charge is -2.19. The van der Waals surface area contributed by atoms with Gasteiger partial charge in [0.15, 0.2) is 0 Å². The number of rotatable bonds is 5. The van der Waals surface area contributed by atoms with Crippen LogP contribution < -0.4 is 16.4 Å². The molecule has 21 heavy (non-hydrogen) atoms. The van der Waals surface area contributed by atoms with Crippen molar-refractivity contribution in [2.24, 2.45) is 5.73 Å². The molecule has 0 radical (unpaired) electrons. The Hall–Kier alpha value is -2.08. The van der Waals surface area contributed by atoms with E-state index in [0.717, 1.165) is 31.5 Å². The molecule has 6 heteroatoms. The molecule has 2 rings (SSSR count). The summed E-state index contributed by atoms with van der Waals surface area (Å²) >= 11 is 0. The van der Waals surface area contributed by atoms with Gasteiger partial charge >= 0.3 is 6.03 Å². The Morgan fingerprint density at radius 2 is 1.86 bits per heavy atom. The Morgan fingerprint density at radius 1 is 1.24 bits per heavy atom. The lowest BCUT2D eigenvalue weighted by atomic mass is 10.1. The van der Waals surface area contributed by atoms with E-state index < -0.39 is 6.03 Å². The van der Waals surface area contributed by atoms with E-state index in [1.807, 2.05) is 24.0 Å². The molecule has 0 aromatic heterocycles. The largest absolute Gasteiger partial charge is 0.351 e. The van der Waals surface area contributed by atoms with Gasteiger partial charge in [0.25, 0.3) is 0 Å². The van der Waals surface area contributed by atoms with Crippen molar-refractivity contribution in [2.75, 3.05) is 25.0 Å². The molecule has 1 aliphatic rings. The second-order valence-electron chi connectivity index (χ2n) is 5.30. The number of anilines is 1. The summed E-state index contributed by atoms with van der Waals surface area (Å²) in [4.78, 5) is 24.6. The first-order valence-corrected chi connectivity index (χ1v) is 7.24. The number of carbonyl (C=O) groups is 2. The van der Waals surface area contributed by atoms with E-state index in [1.54, 1.807) is 12.1 Å². The van der Waals surface area contributed by atoms with E-state index >= 15 is 0 Å². The van der Waals surface area contributed by atoms with Crippen molar-refractivity contribution in [1.82, 2.24) is 10.2 Å². The third-order valence-electron chi connectivity index (χ3n) is 3.70. The summed E-state index contributed by atoms with van der Waals surface area (Å²) in [5.74, 6) is 0.159. The number of nitrogens with one attached hydrogen (secondary N) is 2. The first-order valence-electron chi connectivity index (χ1n) is 7.24. The van der Waals surface area contributed by atoms with Crippen LogP contribution in [0.25, 0.3) is 0 Å². The summed E-state index contributed by atoms with van der Waals surface area (Å²) in [6, 6.07) is 6.89. The minimum atomic E-state index is -0.579. The van der Waals surface area contributed by atoms with Crippen LogP contribution in [0.3, 0.4) is 0 Å². The average Bonchev–Trinajstić information content (AvgIpc) is 2.99. The van der Waals surface area contributed by atoms with Gasteiger partial charge in [-0.05, 0) is 37.5 Å². The highest BCUT2D eigenvalue weighted by Crippen LogP contribution is 2.16. The lowest BCUT2D eigenvalue weighted by molar-refractivity contribution is -0.129. The smallest absolute Gasteiger partial charge is 0.316 e. The molecule has 1 aliphatic heterocycles. The van der Waals surface area contributed by atoms with Crippen LogP contribution in [0.2, 0.25) is 0 Å². The fourth-order valence-corrected chi connectivity index (χ4v) is 2.43. The zero-order valence-corrected chi connectivity index (χ0v) is 12.3. The highest BCUT2D eigenvalue weighted by atomic mass is 16.2. The number of hydrogen-bond acceptors (Lipinski definition) is 3. The number of carbonyl (C=O) groups excluding carboxylic acids is 2. The Labute approximate surface area is 124 Å². The van der Waals surface area contributed by atoms with Crippen LogP contribution >= 0.6 is 0 Å². The summed E-state index contributed by atoms with van der Waals surface area (Å²) < 4.78 is 0. The second kappa shape index (κ2) is 7.08. The predicted molar refractivity (Wildman–Crippen MR) is 81.9 cm³/mol. The van der Waals surface area contributed by atoms with Gasteiger partial charge in [0.2, 0.25) is 5.91 Å². The van der Waals surface area contributed by atoms with Crippen LogP contribution in [0.4, 0.5) is 10.5 Å². The molecule has 6 nitrogen and oxygen atoms in total. The van der Waals surface area contributed by atoms with Crippen LogP contribution in [-0.2, 0) is 4.79 Å². The first kappa shape index (κ1) is 15.3. The van der Waals surface area contributed by atoms with Gasteiger partial charge in [-0.25, -0.2) is 4.79 Å². The van der Waals surface area contributed by atoms with E-state index in [2.05, 4.69) is 10.6 Å². The van der Waals surface area contributed by atoms with E-state index in [1.165, 1.54) is 0 Å². The molecule has 1 aromatic carbocycles. The molecule has 1 fully saturated rings. The van der Waals surface area contributed by atoms with Crippen LogP contribution in [0.15, 0.2) is 24.3 Å². The average molecular weight is 290 g/mol. The number of amides is 3. The third kappa shape index (κ3) is 4.46. The SMILES string of the molecule is CC(NCC(=O)N1CCCC1)c1ccc(NC(N)=O)cc1. The fourth-order valence-electron chi connectivity index (χ4n) is 2.43. The number of benzene rings is 1. The molecule has 3 amide bonds. The fraction of sp³-hybridized carbons (Fsp3) is 0.467. The number of nitrogens with two attached hydrogens (primary N) is 1. The molecule has 1 heterocycles. The van der Waals surface area contributed by atoms with E-state index in [4.69, 9.17) is 5.73 Å². The highest BCUT2D eigenvalue weighted by molar-refractivity contribution is 5.87. The zero-order chi connectivity index (χ0) is 15.2. The molecule has 114 valence electrons. The van der Waals surface area contributed by atoms with Crippen molar-refractivity contribution in [2.45, 2.75) is 25.8 Å². The summed E-state index contributed by atoms with van der Waals surface area (Å²) in [5, 5.41) is 5.75. The second-order valence-corrected chi connectivity index (χ2v) is 5.30. The van der Waals surface area contributed by atoms with Crippen molar-refractivity contribution in [1.29, 1.82) is 0 Å². The van der Waals surface area contributed by atoms with E-state index in [0.29, 0.717) is 12.2 Å². The van der Waals surface area contributed by atoms with Crippen LogP contribution in [0.1, 0.15) is 31.4 Å². The quantitative estimate of drug-likeness (QED) is 0.767. The normalized spacial score (nSPS) is 15.8. The van der Waals surface area contributed by atoms with Gasteiger partial charge < -0.3 is 21.3 Å². The Morgan fingerprint density at radius 3 is 2.43 bits per heavy atom. The molecule has 0 saturated carbocycles. The van der Waals surface area contributed by atoms with Crippen molar-refractivity contribution in [3.05, 3.63) is 29.8 Å². The summed E-state index contributed by atoms with van der Waals surface area (Å²) in [7, 11) is 0. The number of likely N-dealkylation sites (tertiary alicyclic amines) is 1. The van der Waals surface area contributed by atoms with Gasteiger partial charge in [-0.15, -0.1) is 0 Å². The predicted octanol–water partition coefficient (Wildman–Crippen LogP) is 1.45. The minimum Gasteiger partial charge on any atom is -0.351 e. The Balaban J connectivity index is 1.83. The molecule has 1 unspecified atom stereocenters. The minimum absolute atomic E-state index is 0.0687. The topological polar surface area (TPSA) is 87.5 Å². The molecule has 0 bridgehead atoms. The van der Waals surface area contributed by atoms with E-state index in [9.17, 15) is 9.59 Å². The number of urea groups is 1. The van der Waals surface area contributed by atoms with Gasteiger partial charge in [0.1, 0.15) is 0 Å². The number of primary amides is 1. The van der Waals surface area contributed by atoms with Gasteiger partial charge in [-0.2, -0.15) is 0 Å². The van der Waals surface area contributed by atoms with Crippen molar-refractivity contribution in [3.8, 4) is 0 Å². The summed E-state index contributed by atoms with van der Waals surface area (Å²) in [6.45, 7) is 4.11. The molecular formula is C15H22N4O2. The maximum atomic E-state index is 12.0. The maximum Gasteiger partial charge on any atom is 0.316 e. The van der Waals surface area contributed by atoms with Crippen LogP contribution in [0.5, 0.6) is 0 Å². The van der Waals surface area contributed by atoms with Gasteiger partial charge in [-0.3, -0.25) is 4.79 Å². The van der Waals surface area contributed by atoms with Crippen LogP contribution in [0, 0.1) is 0 Å². The molecule has 1 atom stereocenters. The molecule has 0 spiro atoms.